The lowest BCUT2D eigenvalue weighted by molar-refractivity contribution is -0.384. The van der Waals surface area contributed by atoms with Gasteiger partial charge in [-0.15, -0.1) is 0 Å². The lowest BCUT2D eigenvalue weighted by Gasteiger charge is -1.97. The van der Waals surface area contributed by atoms with E-state index in [1.807, 2.05) is 0 Å². The van der Waals surface area contributed by atoms with E-state index in [0.717, 1.165) is 12.3 Å². The van der Waals surface area contributed by atoms with Crippen molar-refractivity contribution >= 4 is 27.7 Å². The monoisotopic (exact) mass is 270 g/mol. The molecule has 0 spiro atoms. The van der Waals surface area contributed by atoms with Crippen molar-refractivity contribution in [3.63, 3.8) is 0 Å². The smallest absolute Gasteiger partial charge is 0.269 e. The standard InChI is InChI=1S/C10H10N2O5S/c1-18(16,17)11-10(13)7-4-8-2-5-9(6-3-8)12(14)15/h2-7H,1H3,(H,11,13)/b7-4+. The molecule has 0 radical (unpaired) electrons. The van der Waals surface area contributed by atoms with Gasteiger partial charge in [-0.05, 0) is 23.8 Å². The van der Waals surface area contributed by atoms with Crippen LogP contribution >= 0.6 is 0 Å². The zero-order valence-corrected chi connectivity index (χ0v) is 10.2. The first-order valence-corrected chi connectivity index (χ1v) is 6.61. The Bertz CT molecular complexity index is 589. The average Bonchev–Trinajstić information content (AvgIpc) is 2.24. The summed E-state index contributed by atoms with van der Waals surface area (Å²) in [5.74, 6) is -0.782. The largest absolute Gasteiger partial charge is 0.269 e. The minimum Gasteiger partial charge on any atom is -0.269 e. The number of carbonyl (C=O) groups excluding carboxylic acids is 1. The fourth-order valence-electron chi connectivity index (χ4n) is 1.10. The van der Waals surface area contributed by atoms with Gasteiger partial charge in [-0.25, -0.2) is 13.1 Å². The average molecular weight is 270 g/mol. The number of nitro benzene ring substituents is 1. The number of non-ortho nitro benzene ring substituents is 1. The van der Waals surface area contributed by atoms with Crippen LogP contribution in [-0.4, -0.2) is 25.5 Å². The number of rotatable bonds is 4. The van der Waals surface area contributed by atoms with E-state index in [-0.39, 0.29) is 5.69 Å². The number of nitrogens with zero attached hydrogens (tertiary/aromatic N) is 1. The zero-order valence-electron chi connectivity index (χ0n) is 9.36. The Kier molecular flexibility index (Phi) is 4.16. The van der Waals surface area contributed by atoms with Gasteiger partial charge >= 0.3 is 0 Å². The Morgan fingerprint density at radius 3 is 2.33 bits per heavy atom. The van der Waals surface area contributed by atoms with Crippen LogP contribution in [0.15, 0.2) is 30.3 Å². The second kappa shape index (κ2) is 5.41. The molecule has 0 aliphatic rings. The van der Waals surface area contributed by atoms with Crippen molar-refractivity contribution in [1.82, 2.24) is 4.72 Å². The minimum absolute atomic E-state index is 0.0623. The molecule has 0 saturated heterocycles. The van der Waals surface area contributed by atoms with E-state index >= 15 is 0 Å². The molecular weight excluding hydrogens is 260 g/mol. The van der Waals surface area contributed by atoms with Crippen LogP contribution in [0.2, 0.25) is 0 Å². The lowest BCUT2D eigenvalue weighted by Crippen LogP contribution is -2.27. The summed E-state index contributed by atoms with van der Waals surface area (Å²) in [6.45, 7) is 0. The predicted molar refractivity (Wildman–Crippen MR) is 65.1 cm³/mol. The lowest BCUT2D eigenvalue weighted by atomic mass is 10.2. The highest BCUT2D eigenvalue weighted by Crippen LogP contribution is 2.12. The quantitative estimate of drug-likeness (QED) is 0.492. The van der Waals surface area contributed by atoms with Crippen molar-refractivity contribution in [3.8, 4) is 0 Å². The summed E-state index contributed by atoms with van der Waals surface area (Å²) in [6, 6.07) is 5.47. The van der Waals surface area contributed by atoms with Crippen LogP contribution in [0.4, 0.5) is 5.69 Å². The van der Waals surface area contributed by atoms with Crippen LogP contribution in [0, 0.1) is 10.1 Å². The summed E-state index contributed by atoms with van der Waals surface area (Å²) >= 11 is 0. The van der Waals surface area contributed by atoms with Gasteiger partial charge < -0.3 is 0 Å². The highest BCUT2D eigenvalue weighted by atomic mass is 32.2. The molecule has 1 N–H and O–H groups in total. The molecule has 1 amide bonds. The number of nitro groups is 1. The molecule has 1 aromatic carbocycles. The molecule has 0 atom stereocenters. The van der Waals surface area contributed by atoms with Gasteiger partial charge in [0, 0.05) is 18.2 Å². The maximum Gasteiger partial charge on any atom is 0.269 e. The van der Waals surface area contributed by atoms with E-state index in [4.69, 9.17) is 0 Å². The SMILES string of the molecule is CS(=O)(=O)NC(=O)/C=C/c1ccc([N+](=O)[O-])cc1. The third kappa shape index (κ3) is 4.74. The van der Waals surface area contributed by atoms with Gasteiger partial charge in [-0.1, -0.05) is 0 Å². The number of hydrogen-bond acceptors (Lipinski definition) is 5. The second-order valence-electron chi connectivity index (χ2n) is 3.42. The molecule has 0 aliphatic heterocycles. The number of hydrogen-bond donors (Lipinski definition) is 1. The Morgan fingerprint density at radius 2 is 1.89 bits per heavy atom. The van der Waals surface area contributed by atoms with Crippen LogP contribution < -0.4 is 4.72 Å². The van der Waals surface area contributed by atoms with Crippen molar-refractivity contribution in [2.45, 2.75) is 0 Å². The number of amides is 1. The van der Waals surface area contributed by atoms with E-state index in [1.54, 1.807) is 4.72 Å². The number of sulfonamides is 1. The second-order valence-corrected chi connectivity index (χ2v) is 5.17. The summed E-state index contributed by atoms with van der Waals surface area (Å²) in [7, 11) is -3.59. The third-order valence-electron chi connectivity index (χ3n) is 1.82. The van der Waals surface area contributed by atoms with E-state index in [9.17, 15) is 23.3 Å². The molecular formula is C10H10N2O5S. The molecule has 0 saturated carbocycles. The Hall–Kier alpha value is -2.22. The number of nitrogens with one attached hydrogen (secondary N) is 1. The van der Waals surface area contributed by atoms with Gasteiger partial charge in [-0.3, -0.25) is 14.9 Å². The molecule has 0 fully saturated rings. The summed E-state index contributed by atoms with van der Waals surface area (Å²) < 4.78 is 23.2. The van der Waals surface area contributed by atoms with E-state index < -0.39 is 20.9 Å². The third-order valence-corrected chi connectivity index (χ3v) is 2.39. The first kappa shape index (κ1) is 13.8. The van der Waals surface area contributed by atoms with Gasteiger partial charge in [0.15, 0.2) is 0 Å². The Morgan fingerprint density at radius 1 is 1.33 bits per heavy atom. The molecule has 8 heteroatoms. The van der Waals surface area contributed by atoms with E-state index in [0.29, 0.717) is 5.56 Å². The Labute approximate surface area is 103 Å². The molecule has 1 aromatic rings. The van der Waals surface area contributed by atoms with Gasteiger partial charge in [0.25, 0.3) is 11.6 Å². The van der Waals surface area contributed by atoms with Crippen molar-refractivity contribution in [2.24, 2.45) is 0 Å². The van der Waals surface area contributed by atoms with E-state index in [2.05, 4.69) is 0 Å². The van der Waals surface area contributed by atoms with Gasteiger partial charge in [0.1, 0.15) is 0 Å². The molecule has 0 aromatic heterocycles. The first-order valence-electron chi connectivity index (χ1n) is 4.72. The van der Waals surface area contributed by atoms with E-state index in [1.165, 1.54) is 30.3 Å². The fraction of sp³-hybridized carbons (Fsp3) is 0.100. The number of benzene rings is 1. The maximum absolute atomic E-state index is 11.1. The topological polar surface area (TPSA) is 106 Å². The molecule has 96 valence electrons. The molecule has 0 aliphatic carbocycles. The highest BCUT2D eigenvalue weighted by Gasteiger charge is 2.05. The van der Waals surface area contributed by atoms with Crippen LogP contribution in [0.1, 0.15) is 5.56 Å². The summed E-state index contributed by atoms with van der Waals surface area (Å²) in [6.07, 6.45) is 3.25. The van der Waals surface area contributed by atoms with Gasteiger partial charge in [0.2, 0.25) is 10.0 Å². The summed E-state index contributed by atoms with van der Waals surface area (Å²) in [5.41, 5.74) is 0.483. The van der Waals surface area contributed by atoms with Crippen molar-refractivity contribution in [1.29, 1.82) is 0 Å². The molecule has 0 bridgehead atoms. The van der Waals surface area contributed by atoms with Crippen molar-refractivity contribution in [3.05, 3.63) is 46.0 Å². The highest BCUT2D eigenvalue weighted by molar-refractivity contribution is 7.89. The Balaban J connectivity index is 2.73. The minimum atomic E-state index is -3.59. The fourth-order valence-corrected chi connectivity index (χ4v) is 1.53. The zero-order chi connectivity index (χ0) is 13.8. The molecule has 0 heterocycles. The first-order chi connectivity index (χ1) is 8.28. The van der Waals surface area contributed by atoms with Crippen LogP contribution in [0.3, 0.4) is 0 Å². The van der Waals surface area contributed by atoms with Crippen LogP contribution in [0.5, 0.6) is 0 Å². The van der Waals surface area contributed by atoms with Crippen LogP contribution in [-0.2, 0) is 14.8 Å². The summed E-state index contributed by atoms with van der Waals surface area (Å²) in [5, 5.41) is 10.4. The molecule has 18 heavy (non-hydrogen) atoms. The maximum atomic E-state index is 11.1. The van der Waals surface area contributed by atoms with Gasteiger partial charge in [0.05, 0.1) is 11.2 Å². The summed E-state index contributed by atoms with van der Waals surface area (Å²) in [4.78, 5) is 21.0. The van der Waals surface area contributed by atoms with Crippen LogP contribution in [0.25, 0.3) is 6.08 Å². The number of carbonyl (C=O) groups is 1. The van der Waals surface area contributed by atoms with Crippen molar-refractivity contribution in [2.75, 3.05) is 6.26 Å². The predicted octanol–water partition coefficient (Wildman–Crippen LogP) is 0.684. The van der Waals surface area contributed by atoms with Crippen molar-refractivity contribution < 1.29 is 18.1 Å². The van der Waals surface area contributed by atoms with Gasteiger partial charge in [-0.2, -0.15) is 0 Å². The molecule has 0 unspecified atom stereocenters. The molecule has 1 rings (SSSR count). The molecule has 7 nitrogen and oxygen atoms in total. The normalized spacial score (nSPS) is 11.4.